The maximum absolute atomic E-state index is 5.95. The van der Waals surface area contributed by atoms with E-state index in [0.29, 0.717) is 23.3 Å². The van der Waals surface area contributed by atoms with Crippen molar-refractivity contribution in [2.24, 2.45) is 5.10 Å². The van der Waals surface area contributed by atoms with Crippen molar-refractivity contribution in [2.45, 2.75) is 17.3 Å². The van der Waals surface area contributed by atoms with Crippen molar-refractivity contribution in [1.82, 2.24) is 14.9 Å². The highest BCUT2D eigenvalue weighted by Gasteiger charge is 2.07. The van der Waals surface area contributed by atoms with E-state index in [4.69, 9.17) is 21.1 Å². The van der Waals surface area contributed by atoms with Gasteiger partial charge in [0.15, 0.2) is 11.5 Å². The zero-order chi connectivity index (χ0) is 22.9. The Labute approximate surface area is 202 Å². The number of hydrogen-bond acceptors (Lipinski definition) is 6. The second kappa shape index (κ2) is 11.5. The maximum atomic E-state index is 5.95. The smallest absolute Gasteiger partial charge is 0.212 e. The molecule has 33 heavy (non-hydrogen) atoms. The second-order valence-electron chi connectivity index (χ2n) is 7.11. The van der Waals surface area contributed by atoms with Crippen LogP contribution in [0.15, 0.2) is 89.4 Å². The van der Waals surface area contributed by atoms with Crippen LogP contribution in [-0.2, 0) is 12.2 Å². The Morgan fingerprint density at radius 1 is 1.00 bits per heavy atom. The summed E-state index contributed by atoms with van der Waals surface area (Å²) in [4.78, 5) is 0. The molecular weight excluding hydrogens is 456 g/mol. The molecule has 0 N–H and O–H groups in total. The standard InChI is InChI=1S/C25H23ClN4O2S/c1-31-24-15-21(9-12-23(24)32-14-13-19-5-3-2-4-6-19)16-28-30-18-27-29-25(30)33-17-20-7-10-22(26)11-8-20/h2-12,15-16,18H,13-14,17H2,1H3/b28-16-. The predicted molar refractivity (Wildman–Crippen MR) is 133 cm³/mol. The SMILES string of the molecule is COc1cc(/C=N\n2cnnc2SCc2ccc(Cl)cc2)ccc1OCCc1ccccc1. The van der Waals surface area contributed by atoms with Crippen LogP contribution in [0.5, 0.6) is 11.5 Å². The van der Waals surface area contributed by atoms with Gasteiger partial charge in [0.25, 0.3) is 0 Å². The van der Waals surface area contributed by atoms with E-state index in [9.17, 15) is 0 Å². The Hall–Kier alpha value is -3.29. The third-order valence-corrected chi connectivity index (χ3v) is 6.05. The molecule has 0 atom stereocenters. The number of rotatable bonds is 10. The highest BCUT2D eigenvalue weighted by Crippen LogP contribution is 2.28. The largest absolute Gasteiger partial charge is 0.493 e. The second-order valence-corrected chi connectivity index (χ2v) is 8.49. The Morgan fingerprint density at radius 2 is 1.82 bits per heavy atom. The monoisotopic (exact) mass is 478 g/mol. The lowest BCUT2D eigenvalue weighted by Crippen LogP contribution is -2.03. The van der Waals surface area contributed by atoms with Gasteiger partial charge in [-0.25, -0.2) is 0 Å². The maximum Gasteiger partial charge on any atom is 0.212 e. The molecule has 4 rings (SSSR count). The summed E-state index contributed by atoms with van der Waals surface area (Å²) in [5.41, 5.74) is 3.26. The molecule has 0 spiro atoms. The molecule has 8 heteroatoms. The van der Waals surface area contributed by atoms with Gasteiger partial charge in [-0.2, -0.15) is 9.78 Å². The van der Waals surface area contributed by atoms with Crippen LogP contribution >= 0.6 is 23.4 Å². The van der Waals surface area contributed by atoms with Gasteiger partial charge in [0, 0.05) is 17.2 Å². The summed E-state index contributed by atoms with van der Waals surface area (Å²) >= 11 is 7.50. The van der Waals surface area contributed by atoms with Crippen LogP contribution < -0.4 is 9.47 Å². The van der Waals surface area contributed by atoms with E-state index in [-0.39, 0.29) is 0 Å². The van der Waals surface area contributed by atoms with Crippen LogP contribution in [-0.4, -0.2) is 34.8 Å². The van der Waals surface area contributed by atoms with Gasteiger partial charge in [-0.1, -0.05) is 65.8 Å². The summed E-state index contributed by atoms with van der Waals surface area (Å²) in [5, 5.41) is 14.1. The third-order valence-electron chi connectivity index (χ3n) is 4.79. The molecule has 3 aromatic carbocycles. The molecule has 1 heterocycles. The van der Waals surface area contributed by atoms with E-state index in [2.05, 4.69) is 27.4 Å². The number of thioether (sulfide) groups is 1. The number of halogens is 1. The first-order chi connectivity index (χ1) is 16.2. The van der Waals surface area contributed by atoms with Crippen LogP contribution in [0.25, 0.3) is 0 Å². The van der Waals surface area contributed by atoms with E-state index in [1.54, 1.807) is 36.1 Å². The van der Waals surface area contributed by atoms with Gasteiger partial charge in [0.1, 0.15) is 6.33 Å². The van der Waals surface area contributed by atoms with Crippen LogP contribution in [0.2, 0.25) is 5.02 Å². The van der Waals surface area contributed by atoms with Crippen molar-refractivity contribution in [3.05, 3.63) is 101 Å². The molecule has 0 radical (unpaired) electrons. The lowest BCUT2D eigenvalue weighted by molar-refractivity contribution is 0.297. The van der Waals surface area contributed by atoms with Crippen molar-refractivity contribution >= 4 is 29.6 Å². The van der Waals surface area contributed by atoms with E-state index >= 15 is 0 Å². The van der Waals surface area contributed by atoms with Crippen molar-refractivity contribution in [1.29, 1.82) is 0 Å². The number of aromatic nitrogens is 3. The quantitative estimate of drug-likeness (QED) is 0.215. The molecule has 0 aliphatic heterocycles. The number of methoxy groups -OCH3 is 1. The van der Waals surface area contributed by atoms with E-state index < -0.39 is 0 Å². The first-order valence-electron chi connectivity index (χ1n) is 10.4. The van der Waals surface area contributed by atoms with Gasteiger partial charge in [0.2, 0.25) is 5.16 Å². The lowest BCUT2D eigenvalue weighted by atomic mass is 10.2. The van der Waals surface area contributed by atoms with Gasteiger partial charge in [-0.15, -0.1) is 10.2 Å². The minimum absolute atomic E-state index is 0.572. The molecule has 0 saturated carbocycles. The Bertz CT molecular complexity index is 1200. The first-order valence-corrected chi connectivity index (χ1v) is 11.7. The molecule has 0 amide bonds. The molecule has 0 fully saturated rings. The summed E-state index contributed by atoms with van der Waals surface area (Å²) in [6.07, 6.45) is 4.16. The van der Waals surface area contributed by atoms with E-state index in [1.165, 1.54) is 5.56 Å². The third kappa shape index (κ3) is 6.60. The lowest BCUT2D eigenvalue weighted by Gasteiger charge is -2.11. The molecule has 4 aromatic rings. The van der Waals surface area contributed by atoms with E-state index in [0.717, 1.165) is 28.3 Å². The molecule has 0 aliphatic carbocycles. The summed E-state index contributed by atoms with van der Waals surface area (Å²) in [6, 6.07) is 23.7. The molecule has 168 valence electrons. The average Bonchev–Trinajstić information content (AvgIpc) is 3.31. The summed E-state index contributed by atoms with van der Waals surface area (Å²) in [5.74, 6) is 2.11. The van der Waals surface area contributed by atoms with Gasteiger partial charge in [0.05, 0.1) is 19.9 Å². The predicted octanol–water partition coefficient (Wildman–Crippen LogP) is 5.74. The Balaban J connectivity index is 1.37. The topological polar surface area (TPSA) is 61.5 Å². The zero-order valence-corrected chi connectivity index (χ0v) is 19.7. The van der Waals surface area contributed by atoms with Crippen LogP contribution in [0, 0.1) is 0 Å². The summed E-state index contributed by atoms with van der Waals surface area (Å²) in [6.45, 7) is 0.572. The van der Waals surface area contributed by atoms with Crippen LogP contribution in [0.1, 0.15) is 16.7 Å². The molecule has 6 nitrogen and oxygen atoms in total. The van der Waals surface area contributed by atoms with Crippen molar-refractivity contribution in [3.63, 3.8) is 0 Å². The van der Waals surface area contributed by atoms with Gasteiger partial charge >= 0.3 is 0 Å². The molecule has 0 saturated heterocycles. The molecule has 0 unspecified atom stereocenters. The highest BCUT2D eigenvalue weighted by molar-refractivity contribution is 7.98. The van der Waals surface area contributed by atoms with Crippen LogP contribution in [0.4, 0.5) is 0 Å². The fourth-order valence-electron chi connectivity index (χ4n) is 3.06. The molecule has 0 aliphatic rings. The van der Waals surface area contributed by atoms with Gasteiger partial charge < -0.3 is 9.47 Å². The zero-order valence-electron chi connectivity index (χ0n) is 18.1. The average molecular weight is 479 g/mol. The number of nitrogens with zero attached hydrogens (tertiary/aromatic N) is 4. The first kappa shape index (κ1) is 22.9. The Morgan fingerprint density at radius 3 is 2.61 bits per heavy atom. The number of benzene rings is 3. The van der Waals surface area contributed by atoms with Gasteiger partial charge in [-0.3, -0.25) is 0 Å². The fourth-order valence-corrected chi connectivity index (χ4v) is 4.00. The number of hydrogen-bond donors (Lipinski definition) is 0. The van der Waals surface area contributed by atoms with Gasteiger partial charge in [-0.05, 0) is 47.0 Å². The van der Waals surface area contributed by atoms with Crippen molar-refractivity contribution in [2.75, 3.05) is 13.7 Å². The molecular formula is C25H23ClN4O2S. The molecule has 1 aromatic heterocycles. The van der Waals surface area contributed by atoms with Crippen molar-refractivity contribution < 1.29 is 9.47 Å². The van der Waals surface area contributed by atoms with Crippen molar-refractivity contribution in [3.8, 4) is 11.5 Å². The summed E-state index contributed by atoms with van der Waals surface area (Å²) < 4.78 is 13.1. The van der Waals surface area contributed by atoms with E-state index in [1.807, 2.05) is 60.7 Å². The normalized spacial score (nSPS) is 11.1. The highest BCUT2D eigenvalue weighted by atomic mass is 35.5. The fraction of sp³-hybridized carbons (Fsp3) is 0.160. The summed E-state index contributed by atoms with van der Waals surface area (Å²) in [7, 11) is 1.63. The minimum atomic E-state index is 0.572. The number of ether oxygens (including phenoxy) is 2. The van der Waals surface area contributed by atoms with Crippen LogP contribution in [0.3, 0.4) is 0 Å². The Kier molecular flexibility index (Phi) is 8.00. The minimum Gasteiger partial charge on any atom is -0.493 e. The molecule has 0 bridgehead atoms.